The van der Waals surface area contributed by atoms with E-state index in [1.54, 1.807) is 19.2 Å². The fourth-order valence-electron chi connectivity index (χ4n) is 10.7. The summed E-state index contributed by atoms with van der Waals surface area (Å²) < 4.78 is 30.0. The van der Waals surface area contributed by atoms with Crippen molar-refractivity contribution in [3.05, 3.63) is 51.1 Å². The smallest absolute Gasteiger partial charge is 0.312 e. The highest BCUT2D eigenvalue weighted by Gasteiger charge is 2.61. The molecule has 3 atom stereocenters. The topological polar surface area (TPSA) is 101 Å². The van der Waals surface area contributed by atoms with Gasteiger partial charge in [-0.25, -0.2) is 0 Å². The van der Waals surface area contributed by atoms with Crippen molar-refractivity contribution in [2.45, 2.75) is 283 Å². The SMILES string of the molecule is C.C.C.C.C.C.C.C.CCC(C)(C)C(=O)OC1(C(C)C)C2CC3CC(C2)CC1C3.CCC(C)(C)C(=O)OC1(C(C)C)CCCC1.CCC(C)c1ccc(O)cc1.CCOC(C)Oc1c(I)cc(C(C)CC)cc1OC. The lowest BCUT2D eigenvalue weighted by Gasteiger charge is -2.62. The molecule has 75 heavy (non-hydrogen) atoms. The summed E-state index contributed by atoms with van der Waals surface area (Å²) in [5, 5.41) is 9.01. The van der Waals surface area contributed by atoms with E-state index >= 15 is 0 Å². The molecule has 5 aliphatic rings. The number of rotatable bonds is 17. The van der Waals surface area contributed by atoms with Gasteiger partial charge < -0.3 is 28.8 Å². The van der Waals surface area contributed by atoms with Crippen molar-refractivity contribution in [1.29, 1.82) is 0 Å². The fourth-order valence-corrected chi connectivity index (χ4v) is 11.4. The molecule has 2 aromatic carbocycles. The van der Waals surface area contributed by atoms with Gasteiger partial charge in [-0.3, -0.25) is 9.59 Å². The predicted molar refractivity (Wildman–Crippen MR) is 338 cm³/mol. The Balaban J connectivity index is -0.000000208. The summed E-state index contributed by atoms with van der Waals surface area (Å²) in [6.45, 7) is 34.2. The Hall–Kier alpha value is -2.53. The van der Waals surface area contributed by atoms with Gasteiger partial charge >= 0.3 is 11.9 Å². The first kappa shape index (κ1) is 83.8. The zero-order chi connectivity index (χ0) is 50.5. The van der Waals surface area contributed by atoms with Gasteiger partial charge in [0.05, 0.1) is 21.5 Å². The lowest BCUT2D eigenvalue weighted by atomic mass is 9.47. The number of hydrogen-bond donors (Lipinski definition) is 1. The van der Waals surface area contributed by atoms with Crippen LogP contribution < -0.4 is 9.47 Å². The zero-order valence-electron chi connectivity index (χ0n) is 45.2. The van der Waals surface area contributed by atoms with Gasteiger partial charge in [0.25, 0.3) is 0 Å². The van der Waals surface area contributed by atoms with Crippen LogP contribution in [0.3, 0.4) is 0 Å². The van der Waals surface area contributed by atoms with Crippen molar-refractivity contribution >= 4 is 34.5 Å². The second-order valence-corrected chi connectivity index (χ2v) is 23.5. The van der Waals surface area contributed by atoms with Crippen molar-refractivity contribution < 1.29 is 38.4 Å². The Morgan fingerprint density at radius 1 is 0.640 bits per heavy atom. The molecule has 0 radical (unpaired) electrons. The van der Waals surface area contributed by atoms with Crippen LogP contribution in [0.1, 0.15) is 277 Å². The van der Waals surface area contributed by atoms with Crippen LogP contribution in [0.2, 0.25) is 0 Å². The summed E-state index contributed by atoms with van der Waals surface area (Å²) in [5.74, 6) is 6.91. The van der Waals surface area contributed by atoms with Gasteiger partial charge in [-0.2, -0.15) is 0 Å². The number of carbonyl (C=O) groups is 2. The lowest BCUT2D eigenvalue weighted by molar-refractivity contribution is -0.231. The van der Waals surface area contributed by atoms with Crippen molar-refractivity contribution in [3.63, 3.8) is 0 Å². The molecule has 8 nitrogen and oxygen atoms in total. The van der Waals surface area contributed by atoms with Crippen molar-refractivity contribution in [2.24, 2.45) is 46.3 Å². The average Bonchev–Trinajstić information content (AvgIpc) is 3.78. The summed E-state index contributed by atoms with van der Waals surface area (Å²) >= 11 is 2.29. The minimum atomic E-state index is -0.351. The number of phenolic OH excluding ortho intramolecular Hbond substituents is 1. The number of aromatic hydroxyl groups is 1. The third kappa shape index (κ3) is 21.9. The molecule has 3 unspecified atom stereocenters. The van der Waals surface area contributed by atoms with Crippen LogP contribution in [-0.4, -0.2) is 48.3 Å². The van der Waals surface area contributed by atoms with Crippen LogP contribution in [0.5, 0.6) is 17.2 Å². The highest BCUT2D eigenvalue weighted by Crippen LogP contribution is 2.62. The Kier molecular flexibility index (Phi) is 41.7. The van der Waals surface area contributed by atoms with E-state index in [2.05, 4.69) is 97.0 Å². The first-order valence-electron chi connectivity index (χ1n) is 26.3. The van der Waals surface area contributed by atoms with Gasteiger partial charge in [0.15, 0.2) is 17.8 Å². The molecule has 0 spiro atoms. The third-order valence-electron chi connectivity index (χ3n) is 16.4. The zero-order valence-corrected chi connectivity index (χ0v) is 47.4. The minimum Gasteiger partial charge on any atom is -0.508 e. The van der Waals surface area contributed by atoms with Gasteiger partial charge in [-0.15, -0.1) is 0 Å². The summed E-state index contributed by atoms with van der Waals surface area (Å²) in [7, 11) is 1.67. The van der Waals surface area contributed by atoms with Crippen LogP contribution in [0, 0.1) is 49.9 Å². The average molecular weight is 1180 g/mol. The number of carbonyl (C=O) groups excluding carboxylic acids is 2. The van der Waals surface area contributed by atoms with Gasteiger partial charge in [0, 0.05) is 6.61 Å². The van der Waals surface area contributed by atoms with Gasteiger partial charge in [-0.05, 0) is 230 Å². The summed E-state index contributed by atoms with van der Waals surface area (Å²) in [5.41, 5.74) is 1.53. The summed E-state index contributed by atoms with van der Waals surface area (Å²) in [6, 6.07) is 11.6. The van der Waals surface area contributed by atoms with Crippen LogP contribution in [0.25, 0.3) is 0 Å². The molecule has 5 aliphatic carbocycles. The predicted octanol–water partition coefficient (Wildman–Crippen LogP) is 21.3. The van der Waals surface area contributed by atoms with Crippen LogP contribution >= 0.6 is 22.6 Å². The first-order valence-corrected chi connectivity index (χ1v) is 27.4. The molecule has 1 N–H and O–H groups in total. The molecule has 2 aromatic rings. The van der Waals surface area contributed by atoms with Crippen molar-refractivity contribution in [3.8, 4) is 17.2 Å². The molecule has 5 saturated carbocycles. The Morgan fingerprint density at radius 3 is 1.44 bits per heavy atom. The second-order valence-electron chi connectivity index (χ2n) is 22.4. The molecule has 0 saturated heterocycles. The second kappa shape index (κ2) is 37.4. The molecular formula is C66H127IO8. The van der Waals surface area contributed by atoms with E-state index in [0.29, 0.717) is 47.9 Å². The molecule has 9 heteroatoms. The molecule has 7 rings (SSSR count). The highest BCUT2D eigenvalue weighted by molar-refractivity contribution is 14.1. The number of halogens is 1. The third-order valence-corrected chi connectivity index (χ3v) is 17.3. The number of ether oxygens (including phenoxy) is 5. The molecule has 5 fully saturated rings. The van der Waals surface area contributed by atoms with Crippen LogP contribution in [-0.2, 0) is 23.8 Å². The van der Waals surface area contributed by atoms with Crippen molar-refractivity contribution in [1.82, 2.24) is 0 Å². The number of phenols is 1. The monoisotopic (exact) mass is 1170 g/mol. The standard InChI is InChI=1S/C19H32O2.C15H23IO3.C14H26O2.C10H14O.8CH4/c1-6-18(4,5)17(20)21-19(12(2)3)15-8-13-7-14(10-15)11-16(19)9-13;1-6-10(3)12-8-13(16)15(14(9-12)17-5)19-11(4)18-7-2;1-6-13(4,5)12(15)16-14(11(2)3)9-7-8-10-14;1-3-8(2)9-4-6-10(11)7-5-9;;;;;;;;/h12-16H,6-11H2,1-5H3;8-11H,6-7H2,1-5H3;11H,6-10H2,1-5H3;4-8,11H,3H2,1-2H3;8*1H4. The van der Waals surface area contributed by atoms with Gasteiger partial charge in [0.1, 0.15) is 17.0 Å². The Bertz CT molecular complexity index is 1780. The first-order chi connectivity index (χ1) is 31.4. The minimum absolute atomic E-state index is 0. The van der Waals surface area contributed by atoms with Gasteiger partial charge in [-0.1, -0.05) is 141 Å². The molecule has 0 heterocycles. The Labute approximate surface area is 481 Å². The lowest BCUT2D eigenvalue weighted by Crippen LogP contribution is -2.63. The number of methoxy groups -OCH3 is 1. The number of esters is 2. The quantitative estimate of drug-likeness (QED) is 0.0950. The molecular weight excluding hydrogens is 1050 g/mol. The normalized spacial score (nSPS) is 21.4. The molecule has 0 aliphatic heterocycles. The van der Waals surface area contributed by atoms with E-state index in [-0.39, 0.29) is 99.7 Å². The molecule has 4 bridgehead atoms. The van der Waals surface area contributed by atoms with E-state index < -0.39 is 0 Å². The molecule has 0 aromatic heterocycles. The number of benzene rings is 2. The van der Waals surface area contributed by atoms with Crippen LogP contribution in [0.15, 0.2) is 36.4 Å². The highest BCUT2D eigenvalue weighted by atomic mass is 127. The summed E-state index contributed by atoms with van der Waals surface area (Å²) in [4.78, 5) is 24.9. The summed E-state index contributed by atoms with van der Waals surface area (Å²) in [6.07, 6.45) is 14.7. The van der Waals surface area contributed by atoms with Crippen LogP contribution in [0.4, 0.5) is 0 Å². The fraction of sp³-hybridized carbons (Fsp3) is 0.788. The van der Waals surface area contributed by atoms with E-state index in [1.165, 1.54) is 56.1 Å². The van der Waals surface area contributed by atoms with E-state index in [1.807, 2.05) is 60.6 Å². The number of hydrogen-bond acceptors (Lipinski definition) is 8. The van der Waals surface area contributed by atoms with E-state index in [9.17, 15) is 9.59 Å². The maximum atomic E-state index is 12.8. The largest absolute Gasteiger partial charge is 0.508 e. The maximum Gasteiger partial charge on any atom is 0.312 e. The molecule has 0 amide bonds. The van der Waals surface area contributed by atoms with E-state index in [4.69, 9.17) is 28.8 Å². The van der Waals surface area contributed by atoms with Crippen molar-refractivity contribution in [2.75, 3.05) is 13.7 Å². The molecule has 446 valence electrons. The Morgan fingerprint density at radius 2 is 1.07 bits per heavy atom. The maximum absolute atomic E-state index is 12.8. The van der Waals surface area contributed by atoms with Gasteiger partial charge in [0.2, 0.25) is 0 Å². The van der Waals surface area contributed by atoms with E-state index in [0.717, 1.165) is 65.4 Å².